The molecule has 6 amide bonds. The third kappa shape index (κ3) is 12.8. The fourth-order valence-corrected chi connectivity index (χ4v) is 10.4. The number of nitrogens with zero attached hydrogens (tertiary/aromatic N) is 6. The zero-order valence-electron chi connectivity index (χ0n) is 44.2. The lowest BCUT2D eigenvalue weighted by Gasteiger charge is -2.35. The van der Waals surface area contributed by atoms with E-state index in [0.717, 1.165) is 27.3 Å². The number of thiazole rings is 1. The molecule has 0 aliphatic carbocycles. The molecule has 0 spiro atoms. The summed E-state index contributed by atoms with van der Waals surface area (Å²) in [6.45, 7) is 7.86. The van der Waals surface area contributed by atoms with Gasteiger partial charge in [0.05, 0.1) is 58.2 Å². The smallest absolute Gasteiger partial charge is 0.256 e. The quantitative estimate of drug-likeness (QED) is 0.0404. The summed E-state index contributed by atoms with van der Waals surface area (Å²) in [6.07, 6.45) is 3.12. The molecule has 0 saturated carbocycles. The Morgan fingerprint density at radius 3 is 2.47 bits per heavy atom. The summed E-state index contributed by atoms with van der Waals surface area (Å²) in [5.41, 5.74) is 6.36. The number of methoxy groups -OCH3 is 1. The van der Waals surface area contributed by atoms with E-state index in [2.05, 4.69) is 46.5 Å². The van der Waals surface area contributed by atoms with E-state index in [-0.39, 0.29) is 79.7 Å². The van der Waals surface area contributed by atoms with Gasteiger partial charge in [-0.15, -0.1) is 11.3 Å². The lowest BCUT2D eigenvalue weighted by molar-refractivity contribution is -0.144. The molecule has 6 aromatic rings. The van der Waals surface area contributed by atoms with Crippen molar-refractivity contribution in [2.75, 3.05) is 56.4 Å². The van der Waals surface area contributed by atoms with Gasteiger partial charge in [-0.2, -0.15) is 9.97 Å². The largest absolute Gasteiger partial charge is 0.495 e. The third-order valence-electron chi connectivity index (χ3n) is 13.8. The van der Waals surface area contributed by atoms with Gasteiger partial charge in [0.1, 0.15) is 35.1 Å². The Hall–Kier alpha value is -7.98. The van der Waals surface area contributed by atoms with Gasteiger partial charge in [0.25, 0.3) is 5.91 Å². The summed E-state index contributed by atoms with van der Waals surface area (Å²) >= 11 is 1.56. The standard InChI is InChI=1S/C55H65FN12O8S/c1-31-47(77-30-60-31)33-18-16-32(17-19-33)27-59-51(73)41-25-35(69)28-68(41)53(75)48(55(2,3)4)63-43(70)14-9-8-10-15-44(71)66(6)29-45(72)67-23-21-34-24-42(76-7)39(26-40(34)67)62-54-64-49-36(20-22-58-49)50(65-54)61-38-13-11-12-37(56)46(38)52(74)57-5/h11-13,16-20,22,24,26,30,35,41,48,69H,8-10,14-15,21,23,25,27-29H2,1-7H3,(H,57,74)(H,59,73)(H,63,70)(H3,58,61,62,64,65)/t35-,41+,48-/m1/s1. The number of nitrogens with one attached hydrogen (secondary N) is 6. The molecule has 2 aliphatic rings. The fourth-order valence-electron chi connectivity index (χ4n) is 9.58. The predicted octanol–water partition coefficient (Wildman–Crippen LogP) is 6.49. The summed E-state index contributed by atoms with van der Waals surface area (Å²) in [4.78, 5) is 103. The normalized spacial score (nSPS) is 15.4. The van der Waals surface area contributed by atoms with Crippen molar-refractivity contribution < 1.29 is 43.0 Å². The van der Waals surface area contributed by atoms with Crippen LogP contribution in [0, 0.1) is 18.2 Å². The lowest BCUT2D eigenvalue weighted by Crippen LogP contribution is -2.57. The van der Waals surface area contributed by atoms with Gasteiger partial charge < -0.3 is 56.1 Å². The SMILES string of the molecule is CNC(=O)c1c(F)cccc1Nc1nc(Nc2cc3c(cc2OC)CCN3C(=O)CN(C)C(=O)CCCCCC(=O)N[C@H](C(=O)N2C[C@H](O)C[C@H]2C(=O)NCc2ccc(-c3scnc3C)cc2)C(C)(C)C)nc2[nH]ccc12. The molecule has 7 N–H and O–H groups in total. The second kappa shape index (κ2) is 23.9. The highest BCUT2D eigenvalue weighted by molar-refractivity contribution is 7.13. The van der Waals surface area contributed by atoms with Crippen LogP contribution in [-0.4, -0.2) is 129 Å². The summed E-state index contributed by atoms with van der Waals surface area (Å²) in [5, 5.41) is 25.8. The number of β-amino-alcohol motifs (C(OH)–C–C–N with tert-alkyl or cyclic N) is 1. The molecule has 5 heterocycles. The van der Waals surface area contributed by atoms with Crippen molar-refractivity contribution in [3.63, 3.8) is 0 Å². The number of H-pyrrole nitrogens is 1. The lowest BCUT2D eigenvalue weighted by atomic mass is 9.85. The van der Waals surface area contributed by atoms with Gasteiger partial charge in [-0.1, -0.05) is 57.5 Å². The van der Waals surface area contributed by atoms with Crippen LogP contribution < -0.4 is 36.2 Å². The first-order valence-corrected chi connectivity index (χ1v) is 26.4. The van der Waals surface area contributed by atoms with Crippen LogP contribution in [0.15, 0.2) is 72.4 Å². The van der Waals surface area contributed by atoms with Gasteiger partial charge in [-0.25, -0.2) is 9.37 Å². The van der Waals surface area contributed by atoms with Crippen LogP contribution in [0.1, 0.15) is 86.5 Å². The van der Waals surface area contributed by atoms with Gasteiger partial charge in [0.2, 0.25) is 35.5 Å². The number of rotatable bonds is 20. The molecule has 0 bridgehead atoms. The number of unbranched alkanes of at least 4 members (excludes halogenated alkanes) is 2. The second-order valence-electron chi connectivity index (χ2n) is 20.4. The van der Waals surface area contributed by atoms with Gasteiger partial charge in [0, 0.05) is 64.9 Å². The van der Waals surface area contributed by atoms with Crippen LogP contribution in [0.3, 0.4) is 0 Å². The van der Waals surface area contributed by atoms with Gasteiger partial charge in [0.15, 0.2) is 0 Å². The number of hydrogen-bond acceptors (Lipinski definition) is 14. The minimum absolute atomic E-state index is 0.0374. The minimum Gasteiger partial charge on any atom is -0.495 e. The van der Waals surface area contributed by atoms with Crippen molar-refractivity contribution in [3.05, 3.63) is 101 Å². The summed E-state index contributed by atoms with van der Waals surface area (Å²) < 4.78 is 20.6. The van der Waals surface area contributed by atoms with Crippen LogP contribution in [0.2, 0.25) is 0 Å². The van der Waals surface area contributed by atoms with Gasteiger partial charge in [-0.05, 0) is 78.6 Å². The van der Waals surface area contributed by atoms with Gasteiger partial charge >= 0.3 is 0 Å². The van der Waals surface area contributed by atoms with Crippen LogP contribution in [0.4, 0.5) is 33.2 Å². The second-order valence-corrected chi connectivity index (χ2v) is 21.2. The number of amides is 6. The Labute approximate surface area is 449 Å². The molecule has 3 aromatic carbocycles. The number of likely N-dealkylation sites (tertiary alicyclic amines) is 1. The number of ether oxygens (including phenoxy) is 1. The summed E-state index contributed by atoms with van der Waals surface area (Å²) in [6, 6.07) is 15.5. The average Bonchev–Trinajstić information content (AvgIpc) is 4.25. The van der Waals surface area contributed by atoms with Crippen molar-refractivity contribution in [2.24, 2.45) is 5.41 Å². The van der Waals surface area contributed by atoms with E-state index in [9.17, 15) is 38.3 Å². The highest BCUT2D eigenvalue weighted by Crippen LogP contribution is 2.39. The molecular formula is C55H65FN12O8S. The number of aliphatic hydroxyl groups excluding tert-OH is 1. The first-order valence-electron chi connectivity index (χ1n) is 25.5. The van der Waals surface area contributed by atoms with E-state index in [1.165, 1.54) is 36.1 Å². The Morgan fingerprint density at radius 2 is 1.75 bits per heavy atom. The minimum atomic E-state index is -0.968. The molecule has 3 aromatic heterocycles. The van der Waals surface area contributed by atoms with E-state index in [4.69, 9.17) is 4.74 Å². The molecule has 0 unspecified atom stereocenters. The fraction of sp³-hybridized carbons (Fsp3) is 0.400. The number of aromatic amines is 1. The Morgan fingerprint density at radius 1 is 0.987 bits per heavy atom. The predicted molar refractivity (Wildman–Crippen MR) is 292 cm³/mol. The molecule has 1 fully saturated rings. The van der Waals surface area contributed by atoms with E-state index < -0.39 is 41.2 Å². The first kappa shape index (κ1) is 55.3. The molecular weight excluding hydrogens is 1010 g/mol. The molecule has 406 valence electrons. The zero-order chi connectivity index (χ0) is 55.1. The number of aromatic nitrogens is 4. The summed E-state index contributed by atoms with van der Waals surface area (Å²) in [5.74, 6) is -2.12. The molecule has 8 rings (SSSR count). The molecule has 2 aliphatic heterocycles. The Kier molecular flexibility index (Phi) is 17.2. The van der Waals surface area contributed by atoms with Crippen molar-refractivity contribution in [3.8, 4) is 16.2 Å². The maximum Gasteiger partial charge on any atom is 0.256 e. The van der Waals surface area contributed by atoms with E-state index in [1.54, 1.807) is 53.2 Å². The number of aliphatic hydroxyl groups is 1. The molecule has 3 atom stereocenters. The number of halogens is 1. The molecule has 1 saturated heterocycles. The van der Waals surface area contributed by atoms with Crippen LogP contribution in [0.5, 0.6) is 5.75 Å². The number of likely N-dealkylation sites (N-methyl/N-ethyl adjacent to an activating group) is 1. The van der Waals surface area contributed by atoms with E-state index >= 15 is 0 Å². The van der Waals surface area contributed by atoms with E-state index in [0.29, 0.717) is 66.2 Å². The zero-order valence-corrected chi connectivity index (χ0v) is 45.0. The number of hydrogen-bond donors (Lipinski definition) is 7. The Bertz CT molecular complexity index is 3180. The number of fused-ring (bicyclic) bond motifs is 2. The molecule has 0 radical (unpaired) electrons. The molecule has 77 heavy (non-hydrogen) atoms. The first-order chi connectivity index (χ1) is 36.8. The van der Waals surface area contributed by atoms with Crippen molar-refractivity contribution >= 4 is 86.6 Å². The monoisotopic (exact) mass is 1070 g/mol. The number of anilines is 5. The topological polar surface area (TPSA) is 256 Å². The number of carbonyl (C=O) groups is 6. The third-order valence-corrected chi connectivity index (χ3v) is 14.8. The number of benzene rings is 3. The maximum atomic E-state index is 14.9. The maximum absolute atomic E-state index is 14.9. The Balaban J connectivity index is 0.811. The van der Waals surface area contributed by atoms with Crippen molar-refractivity contribution in [1.82, 2.24) is 45.7 Å². The van der Waals surface area contributed by atoms with E-state index in [1.807, 2.05) is 58.0 Å². The van der Waals surface area contributed by atoms with Crippen LogP contribution in [0.25, 0.3) is 21.5 Å². The highest BCUT2D eigenvalue weighted by atomic mass is 32.1. The van der Waals surface area contributed by atoms with Crippen LogP contribution in [-0.2, 0) is 36.9 Å². The molecule has 20 nitrogen and oxygen atoms in total. The van der Waals surface area contributed by atoms with Gasteiger partial charge in [-0.3, -0.25) is 28.8 Å². The summed E-state index contributed by atoms with van der Waals surface area (Å²) in [7, 11) is 4.51. The average molecular weight is 1070 g/mol. The van der Waals surface area contributed by atoms with Crippen molar-refractivity contribution in [1.29, 1.82) is 0 Å². The molecule has 22 heteroatoms. The van der Waals surface area contributed by atoms with Crippen LogP contribution >= 0.6 is 11.3 Å². The highest BCUT2D eigenvalue weighted by Gasteiger charge is 2.44. The van der Waals surface area contributed by atoms with Crippen molar-refractivity contribution in [2.45, 2.75) is 97.4 Å². The number of aryl methyl sites for hydroxylation is 1. The number of carbonyl (C=O) groups excluding carboxylic acids is 6.